The highest BCUT2D eigenvalue weighted by molar-refractivity contribution is 6.30. The fourth-order valence-electron chi connectivity index (χ4n) is 2.42. The second-order valence-electron chi connectivity index (χ2n) is 6.59. The third-order valence-corrected chi connectivity index (χ3v) is 4.21. The maximum absolute atomic E-state index is 12.6. The first-order chi connectivity index (χ1) is 12.8. The smallest absolute Gasteiger partial charge is 0.263 e. The lowest BCUT2D eigenvalue weighted by molar-refractivity contribution is -0.134. The van der Waals surface area contributed by atoms with Gasteiger partial charge in [0.05, 0.1) is 12.2 Å². The van der Waals surface area contributed by atoms with Crippen LogP contribution in [0.4, 0.5) is 0 Å². The maximum Gasteiger partial charge on any atom is 0.263 e. The molecule has 0 fully saturated rings. The summed E-state index contributed by atoms with van der Waals surface area (Å²) in [6, 6.07) is 14.6. The van der Waals surface area contributed by atoms with Crippen LogP contribution >= 0.6 is 11.6 Å². The summed E-state index contributed by atoms with van der Waals surface area (Å²) < 4.78 is 7.38. The average Bonchev–Trinajstić information content (AvgIpc) is 3.10. The number of carbonyl (C=O) groups is 1. The van der Waals surface area contributed by atoms with Crippen LogP contribution in [0.15, 0.2) is 48.5 Å². The molecule has 0 aliphatic heterocycles. The zero-order valence-electron chi connectivity index (χ0n) is 15.3. The van der Waals surface area contributed by atoms with Crippen molar-refractivity contribution in [3.05, 3.63) is 64.9 Å². The van der Waals surface area contributed by atoms with Gasteiger partial charge in [0.15, 0.2) is 11.4 Å². The van der Waals surface area contributed by atoms with Gasteiger partial charge in [-0.25, -0.2) is 0 Å². The second kappa shape index (κ2) is 7.75. The fourth-order valence-corrected chi connectivity index (χ4v) is 2.54. The third kappa shape index (κ3) is 4.62. The van der Waals surface area contributed by atoms with E-state index in [1.165, 1.54) is 0 Å². The van der Waals surface area contributed by atoms with Gasteiger partial charge in [0.2, 0.25) is 0 Å². The number of hydrogen-bond acceptors (Lipinski definition) is 5. The molecule has 27 heavy (non-hydrogen) atoms. The molecule has 0 unspecified atom stereocenters. The van der Waals surface area contributed by atoms with Crippen LogP contribution in [-0.2, 0) is 11.3 Å². The molecule has 1 amide bonds. The van der Waals surface area contributed by atoms with Gasteiger partial charge in [-0.2, -0.15) is 4.68 Å². The summed E-state index contributed by atoms with van der Waals surface area (Å²) in [6.45, 7) is 5.57. The van der Waals surface area contributed by atoms with E-state index < -0.39 is 5.60 Å². The topological polar surface area (TPSA) is 81.9 Å². The number of rotatable bonds is 6. The van der Waals surface area contributed by atoms with Gasteiger partial charge >= 0.3 is 0 Å². The van der Waals surface area contributed by atoms with E-state index >= 15 is 0 Å². The van der Waals surface area contributed by atoms with Gasteiger partial charge in [-0.3, -0.25) is 4.79 Å². The number of amides is 1. The molecule has 0 radical (unpaired) electrons. The minimum absolute atomic E-state index is 0.174. The van der Waals surface area contributed by atoms with E-state index in [0.29, 0.717) is 16.6 Å². The average molecular weight is 386 g/mol. The highest BCUT2D eigenvalue weighted by atomic mass is 35.5. The van der Waals surface area contributed by atoms with E-state index in [2.05, 4.69) is 20.8 Å². The third-order valence-electron chi connectivity index (χ3n) is 3.95. The molecule has 0 atom stereocenters. The Labute approximate surface area is 162 Å². The van der Waals surface area contributed by atoms with E-state index in [0.717, 1.165) is 11.3 Å². The molecule has 1 N–H and O–H groups in total. The Kier molecular flexibility index (Phi) is 5.41. The van der Waals surface area contributed by atoms with Crippen LogP contribution in [0.2, 0.25) is 5.02 Å². The molecule has 0 saturated carbocycles. The monoisotopic (exact) mass is 385 g/mol. The lowest BCUT2D eigenvalue weighted by Crippen LogP contribution is -2.46. The summed E-state index contributed by atoms with van der Waals surface area (Å²) >= 11 is 5.87. The number of nitrogens with zero attached hydrogens (tertiary/aromatic N) is 4. The van der Waals surface area contributed by atoms with Gasteiger partial charge in [0.25, 0.3) is 5.91 Å². The number of hydrogen-bond donors (Lipinski definition) is 1. The normalized spacial score (nSPS) is 11.3. The molecular weight excluding hydrogens is 366 g/mol. The molecule has 7 nitrogen and oxygen atoms in total. The van der Waals surface area contributed by atoms with Crippen LogP contribution in [0.1, 0.15) is 25.2 Å². The summed E-state index contributed by atoms with van der Waals surface area (Å²) in [5.41, 5.74) is 0.893. The van der Waals surface area contributed by atoms with Gasteiger partial charge < -0.3 is 10.1 Å². The first kappa shape index (κ1) is 18.8. The van der Waals surface area contributed by atoms with Gasteiger partial charge in [-0.1, -0.05) is 29.3 Å². The van der Waals surface area contributed by atoms with Crippen molar-refractivity contribution in [1.82, 2.24) is 25.5 Å². The van der Waals surface area contributed by atoms with E-state index in [1.54, 1.807) is 42.8 Å². The number of carbonyl (C=O) groups excluding carboxylic acids is 1. The molecule has 0 aliphatic carbocycles. The van der Waals surface area contributed by atoms with E-state index in [9.17, 15) is 4.79 Å². The van der Waals surface area contributed by atoms with Gasteiger partial charge in [-0.15, -0.1) is 5.10 Å². The zero-order chi connectivity index (χ0) is 19.4. The summed E-state index contributed by atoms with van der Waals surface area (Å²) in [6.07, 6.45) is 0. The Morgan fingerprint density at radius 2 is 1.81 bits per heavy atom. The van der Waals surface area contributed by atoms with Crippen molar-refractivity contribution in [2.45, 2.75) is 32.9 Å². The highest BCUT2D eigenvalue weighted by Crippen LogP contribution is 2.21. The molecule has 0 aliphatic rings. The minimum Gasteiger partial charge on any atom is -0.478 e. The van der Waals surface area contributed by atoms with Crippen molar-refractivity contribution >= 4 is 17.5 Å². The van der Waals surface area contributed by atoms with E-state index in [4.69, 9.17) is 16.3 Å². The predicted molar refractivity (Wildman–Crippen MR) is 102 cm³/mol. The molecule has 140 valence electrons. The van der Waals surface area contributed by atoms with Gasteiger partial charge in [-0.05, 0) is 67.6 Å². The van der Waals surface area contributed by atoms with Crippen molar-refractivity contribution in [2.24, 2.45) is 0 Å². The number of ether oxygens (including phenoxy) is 1. The van der Waals surface area contributed by atoms with Crippen LogP contribution in [0.25, 0.3) is 5.69 Å². The zero-order valence-corrected chi connectivity index (χ0v) is 16.1. The molecule has 0 saturated heterocycles. The fraction of sp³-hybridized carbons (Fsp3) is 0.263. The molecule has 3 rings (SSSR count). The standard InChI is InChI=1S/C19H20ClN5O2/c1-13-4-8-15(9-5-13)25-17(22-23-24-25)12-21-18(26)19(2,3)27-16-10-6-14(20)7-11-16/h4-11H,12H2,1-3H3,(H,21,26). The molecule has 1 aromatic heterocycles. The molecular formula is C19H20ClN5O2. The quantitative estimate of drug-likeness (QED) is 0.705. The van der Waals surface area contributed by atoms with Crippen LogP contribution < -0.4 is 10.1 Å². The number of aromatic nitrogens is 4. The Balaban J connectivity index is 1.66. The van der Waals surface area contributed by atoms with Crippen molar-refractivity contribution in [2.75, 3.05) is 0 Å². The van der Waals surface area contributed by atoms with Crippen LogP contribution in [-0.4, -0.2) is 31.7 Å². The molecule has 3 aromatic rings. The largest absolute Gasteiger partial charge is 0.478 e. The summed E-state index contributed by atoms with van der Waals surface area (Å²) in [4.78, 5) is 12.6. The Bertz CT molecular complexity index is 920. The van der Waals surface area contributed by atoms with E-state index in [-0.39, 0.29) is 12.5 Å². The number of benzene rings is 2. The first-order valence-electron chi connectivity index (χ1n) is 8.42. The molecule has 8 heteroatoms. The number of tetrazole rings is 1. The molecule has 1 heterocycles. The maximum atomic E-state index is 12.6. The first-order valence-corrected chi connectivity index (χ1v) is 8.80. The summed E-state index contributed by atoms with van der Waals surface area (Å²) in [7, 11) is 0. The Morgan fingerprint density at radius 1 is 1.15 bits per heavy atom. The second-order valence-corrected chi connectivity index (χ2v) is 7.03. The number of halogens is 1. The van der Waals surface area contributed by atoms with Crippen LogP contribution in [0.5, 0.6) is 5.75 Å². The molecule has 2 aromatic carbocycles. The van der Waals surface area contributed by atoms with Crippen molar-refractivity contribution < 1.29 is 9.53 Å². The molecule has 0 bridgehead atoms. The minimum atomic E-state index is -1.07. The number of aryl methyl sites for hydroxylation is 1. The van der Waals surface area contributed by atoms with Crippen molar-refractivity contribution in [3.8, 4) is 11.4 Å². The SMILES string of the molecule is Cc1ccc(-n2nnnc2CNC(=O)C(C)(C)Oc2ccc(Cl)cc2)cc1. The number of nitrogens with one attached hydrogen (secondary N) is 1. The lowest BCUT2D eigenvalue weighted by atomic mass is 10.1. The van der Waals surface area contributed by atoms with E-state index in [1.807, 2.05) is 31.2 Å². The van der Waals surface area contributed by atoms with Crippen molar-refractivity contribution in [3.63, 3.8) is 0 Å². The van der Waals surface area contributed by atoms with Crippen LogP contribution in [0.3, 0.4) is 0 Å². The molecule has 0 spiro atoms. The van der Waals surface area contributed by atoms with Gasteiger partial charge in [0, 0.05) is 5.02 Å². The Hall–Kier alpha value is -2.93. The van der Waals surface area contributed by atoms with Gasteiger partial charge in [0.1, 0.15) is 5.75 Å². The predicted octanol–water partition coefficient (Wildman–Crippen LogP) is 3.10. The van der Waals surface area contributed by atoms with Crippen molar-refractivity contribution in [1.29, 1.82) is 0 Å². The summed E-state index contributed by atoms with van der Waals surface area (Å²) in [5, 5.41) is 15.1. The highest BCUT2D eigenvalue weighted by Gasteiger charge is 2.30. The van der Waals surface area contributed by atoms with Crippen LogP contribution in [0, 0.1) is 6.92 Å². The lowest BCUT2D eigenvalue weighted by Gasteiger charge is -2.25. The summed E-state index contributed by atoms with van der Waals surface area (Å²) in [5.74, 6) is 0.800. The Morgan fingerprint density at radius 3 is 2.48 bits per heavy atom.